The van der Waals surface area contributed by atoms with Crippen LogP contribution in [0.3, 0.4) is 0 Å². The molecule has 0 amide bonds. The van der Waals surface area contributed by atoms with E-state index >= 15 is 0 Å². The third-order valence-electron chi connectivity index (χ3n) is 6.24. The number of aliphatic hydroxyl groups is 1. The van der Waals surface area contributed by atoms with Crippen LogP contribution in [0.5, 0.6) is 5.75 Å². The van der Waals surface area contributed by atoms with Crippen LogP contribution in [0.1, 0.15) is 66.8 Å². The Kier molecular flexibility index (Phi) is 8.32. The lowest BCUT2D eigenvalue weighted by atomic mass is 9.84. The summed E-state index contributed by atoms with van der Waals surface area (Å²) < 4.78 is 24.5. The summed E-state index contributed by atoms with van der Waals surface area (Å²) in [5.74, 6) is -0.0858. The second kappa shape index (κ2) is 11.0. The average Bonchev–Trinajstić information content (AvgIpc) is 3.09. The molecule has 6 nitrogen and oxygen atoms in total. The molecule has 1 aromatic heterocycles. The molecule has 0 aliphatic carbocycles. The number of nitrogens with zero attached hydrogens (tertiary/aromatic N) is 1. The summed E-state index contributed by atoms with van der Waals surface area (Å²) in [6.45, 7) is 8.77. The van der Waals surface area contributed by atoms with Crippen LogP contribution in [0.2, 0.25) is 0 Å². The van der Waals surface area contributed by atoms with Gasteiger partial charge in [-0.05, 0) is 57.2 Å². The molecule has 0 radical (unpaired) electrons. The molecule has 1 aliphatic heterocycles. The summed E-state index contributed by atoms with van der Waals surface area (Å²) in [5, 5.41) is 11.0. The van der Waals surface area contributed by atoms with Gasteiger partial charge in [0.25, 0.3) is 0 Å². The van der Waals surface area contributed by atoms with Crippen molar-refractivity contribution in [3.8, 4) is 5.75 Å². The van der Waals surface area contributed by atoms with Crippen LogP contribution in [0.25, 0.3) is 0 Å². The fourth-order valence-corrected chi connectivity index (χ4v) is 4.27. The van der Waals surface area contributed by atoms with Crippen LogP contribution < -0.4 is 4.74 Å². The molecule has 2 N–H and O–H groups in total. The lowest BCUT2D eigenvalue weighted by molar-refractivity contribution is -0.0279. The minimum absolute atomic E-state index is 0.299. The predicted octanol–water partition coefficient (Wildman–Crippen LogP) is 4.34. The van der Waals surface area contributed by atoms with Crippen molar-refractivity contribution < 1.29 is 23.8 Å². The van der Waals surface area contributed by atoms with Gasteiger partial charge in [-0.3, -0.25) is 4.90 Å². The highest BCUT2D eigenvalue weighted by Gasteiger charge is 2.34. The van der Waals surface area contributed by atoms with E-state index < -0.39 is 11.6 Å². The summed E-state index contributed by atoms with van der Waals surface area (Å²) in [6, 6.07) is 6.11. The van der Waals surface area contributed by atoms with Crippen molar-refractivity contribution in [1.29, 1.82) is 0 Å². The zero-order chi connectivity index (χ0) is 23.1. The zero-order valence-electron chi connectivity index (χ0n) is 19.4. The Bertz CT molecular complexity index is 886. The number of esters is 1. The van der Waals surface area contributed by atoms with Crippen LogP contribution in [0.15, 0.2) is 24.3 Å². The number of aromatic amines is 1. The summed E-state index contributed by atoms with van der Waals surface area (Å²) in [4.78, 5) is 17.8. The molecule has 2 heterocycles. The fourth-order valence-electron chi connectivity index (χ4n) is 4.27. The highest BCUT2D eigenvalue weighted by molar-refractivity contribution is 5.91. The van der Waals surface area contributed by atoms with E-state index in [2.05, 4.69) is 16.8 Å². The Morgan fingerprint density at radius 2 is 1.91 bits per heavy atom. The molecule has 176 valence electrons. The number of piperidine rings is 1. The van der Waals surface area contributed by atoms with Crippen molar-refractivity contribution in [2.75, 3.05) is 32.8 Å². The average molecular weight is 447 g/mol. The second-order valence-electron chi connectivity index (χ2n) is 8.49. The maximum atomic E-state index is 13.2. The van der Waals surface area contributed by atoms with Gasteiger partial charge in [-0.1, -0.05) is 25.5 Å². The molecular formula is C25H35FN2O4. The van der Waals surface area contributed by atoms with Crippen LogP contribution in [-0.2, 0) is 16.8 Å². The van der Waals surface area contributed by atoms with Crippen molar-refractivity contribution in [3.05, 3.63) is 52.6 Å². The van der Waals surface area contributed by atoms with E-state index in [0.717, 1.165) is 49.2 Å². The van der Waals surface area contributed by atoms with Gasteiger partial charge >= 0.3 is 5.97 Å². The lowest BCUT2D eigenvalue weighted by Gasteiger charge is -2.38. The lowest BCUT2D eigenvalue weighted by Crippen LogP contribution is -2.43. The maximum Gasteiger partial charge on any atom is 0.358 e. The minimum atomic E-state index is -0.923. The summed E-state index contributed by atoms with van der Waals surface area (Å²) in [7, 11) is 0. The van der Waals surface area contributed by atoms with Crippen LogP contribution >= 0.6 is 0 Å². The molecule has 1 saturated heterocycles. The van der Waals surface area contributed by atoms with Gasteiger partial charge in [0.2, 0.25) is 0 Å². The number of halogens is 1. The van der Waals surface area contributed by atoms with Gasteiger partial charge in [-0.15, -0.1) is 0 Å². The number of likely N-dealkylation sites (tertiary alicyclic amines) is 1. The Balaban J connectivity index is 1.59. The van der Waals surface area contributed by atoms with Gasteiger partial charge in [-0.2, -0.15) is 0 Å². The molecule has 3 rings (SSSR count). The maximum absolute atomic E-state index is 13.2. The molecule has 7 heteroatoms. The summed E-state index contributed by atoms with van der Waals surface area (Å²) in [5.41, 5.74) is 2.21. The number of unbranched alkanes of at least 4 members (excludes halogenated alkanes) is 1. The number of carbonyl (C=O) groups excluding carboxylic acids is 1. The van der Waals surface area contributed by atoms with Gasteiger partial charge in [0.05, 0.1) is 12.2 Å². The number of benzene rings is 1. The van der Waals surface area contributed by atoms with E-state index in [4.69, 9.17) is 9.47 Å². The molecule has 0 atom stereocenters. The Hall–Kier alpha value is -2.38. The van der Waals surface area contributed by atoms with E-state index in [-0.39, 0.29) is 5.82 Å². The van der Waals surface area contributed by atoms with E-state index in [1.807, 2.05) is 6.92 Å². The number of rotatable bonds is 10. The van der Waals surface area contributed by atoms with E-state index in [9.17, 15) is 14.3 Å². The first-order valence-corrected chi connectivity index (χ1v) is 11.6. The quantitative estimate of drug-likeness (QED) is 0.531. The van der Waals surface area contributed by atoms with Crippen LogP contribution in [0, 0.1) is 12.7 Å². The standard InChI is InChI=1S/C25H35FN2O4/c1-4-6-7-21-18(3)27-22(24(29)31-5-2)23(21)32-17-16-28-14-12-25(30,13-15-28)19-8-10-20(26)11-9-19/h8-11,27,30H,4-7,12-17H2,1-3H3. The molecule has 2 aromatic rings. The Morgan fingerprint density at radius 3 is 2.53 bits per heavy atom. The van der Waals surface area contributed by atoms with Gasteiger partial charge in [0, 0.05) is 30.9 Å². The molecule has 0 bridgehead atoms. The molecule has 0 spiro atoms. The van der Waals surface area contributed by atoms with Gasteiger partial charge < -0.3 is 19.6 Å². The minimum Gasteiger partial charge on any atom is -0.489 e. The third kappa shape index (κ3) is 5.70. The largest absolute Gasteiger partial charge is 0.489 e. The SMILES string of the molecule is CCCCc1c(C)[nH]c(C(=O)OCC)c1OCCN1CCC(O)(c2ccc(F)cc2)CC1. The van der Waals surface area contributed by atoms with Gasteiger partial charge in [-0.25, -0.2) is 9.18 Å². The van der Waals surface area contributed by atoms with E-state index in [0.29, 0.717) is 44.0 Å². The van der Waals surface area contributed by atoms with E-state index in [1.165, 1.54) is 12.1 Å². The molecule has 0 saturated carbocycles. The zero-order valence-corrected chi connectivity index (χ0v) is 19.4. The molecule has 1 aliphatic rings. The fraction of sp³-hybridized carbons (Fsp3) is 0.560. The molecular weight excluding hydrogens is 411 g/mol. The van der Waals surface area contributed by atoms with Crippen LogP contribution in [0.4, 0.5) is 4.39 Å². The Labute approximate surface area is 189 Å². The van der Waals surface area contributed by atoms with Crippen LogP contribution in [-0.4, -0.2) is 53.8 Å². The number of aromatic nitrogens is 1. The van der Waals surface area contributed by atoms with E-state index in [1.54, 1.807) is 19.1 Å². The number of hydrogen-bond acceptors (Lipinski definition) is 5. The number of nitrogens with one attached hydrogen (secondary N) is 1. The summed E-state index contributed by atoms with van der Waals surface area (Å²) in [6.07, 6.45) is 4.09. The van der Waals surface area contributed by atoms with Crippen molar-refractivity contribution in [3.63, 3.8) is 0 Å². The topological polar surface area (TPSA) is 74.8 Å². The van der Waals surface area contributed by atoms with Gasteiger partial charge in [0.1, 0.15) is 12.4 Å². The highest BCUT2D eigenvalue weighted by Crippen LogP contribution is 2.33. The predicted molar refractivity (Wildman–Crippen MR) is 122 cm³/mol. The number of carbonyl (C=O) groups is 1. The molecule has 32 heavy (non-hydrogen) atoms. The first-order valence-electron chi connectivity index (χ1n) is 11.6. The summed E-state index contributed by atoms with van der Waals surface area (Å²) >= 11 is 0. The van der Waals surface area contributed by atoms with Crippen molar-refractivity contribution in [2.24, 2.45) is 0 Å². The number of H-pyrrole nitrogens is 1. The second-order valence-corrected chi connectivity index (χ2v) is 8.49. The Morgan fingerprint density at radius 1 is 1.22 bits per heavy atom. The van der Waals surface area contributed by atoms with Crippen molar-refractivity contribution >= 4 is 5.97 Å². The molecule has 1 fully saturated rings. The van der Waals surface area contributed by atoms with Gasteiger partial charge in [0.15, 0.2) is 11.4 Å². The monoisotopic (exact) mass is 446 g/mol. The number of aryl methyl sites for hydroxylation is 1. The van der Waals surface area contributed by atoms with Crippen molar-refractivity contribution in [2.45, 2.75) is 58.5 Å². The third-order valence-corrected chi connectivity index (χ3v) is 6.24. The van der Waals surface area contributed by atoms with Crippen molar-refractivity contribution in [1.82, 2.24) is 9.88 Å². The smallest absolute Gasteiger partial charge is 0.358 e. The molecule has 1 aromatic carbocycles. The number of hydrogen-bond donors (Lipinski definition) is 2. The molecule has 0 unspecified atom stereocenters. The highest BCUT2D eigenvalue weighted by atomic mass is 19.1. The normalized spacial score (nSPS) is 16.2. The number of ether oxygens (including phenoxy) is 2. The first-order chi connectivity index (χ1) is 15.4. The first kappa shape index (κ1) is 24.3.